The molecule has 0 bridgehead atoms. The molecule has 0 aliphatic heterocycles. The van der Waals surface area contributed by atoms with Gasteiger partial charge in [-0.05, 0) is 62.4 Å². The third kappa shape index (κ3) is 6.10. The van der Waals surface area contributed by atoms with Crippen LogP contribution in [0.25, 0.3) is 0 Å². The van der Waals surface area contributed by atoms with E-state index in [0.717, 1.165) is 23.8 Å². The molecule has 0 unspecified atom stereocenters. The third-order valence-corrected chi connectivity index (χ3v) is 4.07. The molecule has 1 aromatic heterocycles. The first-order chi connectivity index (χ1) is 14.6. The maximum Gasteiger partial charge on any atom is 0.262 e. The number of rotatable bonds is 9. The van der Waals surface area contributed by atoms with Gasteiger partial charge in [-0.2, -0.15) is 0 Å². The highest BCUT2D eigenvalue weighted by Gasteiger charge is 2.06. The summed E-state index contributed by atoms with van der Waals surface area (Å²) in [5, 5.41) is 9.23. The Morgan fingerprint density at radius 2 is 1.57 bits per heavy atom. The van der Waals surface area contributed by atoms with Crippen LogP contribution < -0.4 is 25.4 Å². The summed E-state index contributed by atoms with van der Waals surface area (Å²) in [4.78, 5) is 20.8. The van der Waals surface area contributed by atoms with Crippen LogP contribution in [0.3, 0.4) is 0 Å². The van der Waals surface area contributed by atoms with Crippen molar-refractivity contribution in [2.24, 2.45) is 0 Å². The van der Waals surface area contributed by atoms with Crippen LogP contribution in [0.5, 0.6) is 11.5 Å². The van der Waals surface area contributed by atoms with E-state index in [0.29, 0.717) is 23.1 Å². The summed E-state index contributed by atoms with van der Waals surface area (Å²) in [5.74, 6) is 3.24. The number of hydrogen-bond donors (Lipinski definition) is 3. The Labute approximate surface area is 175 Å². The molecule has 8 nitrogen and oxygen atoms in total. The van der Waals surface area contributed by atoms with E-state index in [1.54, 1.807) is 31.4 Å². The Bertz CT molecular complexity index is 975. The lowest BCUT2D eigenvalue weighted by Gasteiger charge is -2.11. The SMILES string of the molecule is CCNc1cc(Nc2ccc(NC(=O)COc3ccc(OC)cc3)cc2)nc(C)n1. The molecule has 2 aromatic carbocycles. The first-order valence-electron chi connectivity index (χ1n) is 9.59. The number of anilines is 4. The lowest BCUT2D eigenvalue weighted by atomic mass is 10.2. The fourth-order valence-electron chi connectivity index (χ4n) is 2.71. The molecular formula is C22H25N5O3. The van der Waals surface area contributed by atoms with Gasteiger partial charge in [-0.25, -0.2) is 9.97 Å². The van der Waals surface area contributed by atoms with Crippen molar-refractivity contribution in [3.05, 3.63) is 60.4 Å². The smallest absolute Gasteiger partial charge is 0.262 e. The zero-order valence-electron chi connectivity index (χ0n) is 17.2. The molecule has 3 aromatic rings. The summed E-state index contributed by atoms with van der Waals surface area (Å²) in [6.07, 6.45) is 0. The number of aromatic nitrogens is 2. The zero-order chi connectivity index (χ0) is 21.3. The van der Waals surface area contributed by atoms with E-state index in [2.05, 4.69) is 25.9 Å². The molecule has 156 valence electrons. The Kier molecular flexibility index (Phi) is 7.05. The molecule has 30 heavy (non-hydrogen) atoms. The van der Waals surface area contributed by atoms with Crippen molar-refractivity contribution < 1.29 is 14.3 Å². The maximum atomic E-state index is 12.1. The van der Waals surface area contributed by atoms with E-state index < -0.39 is 0 Å². The predicted molar refractivity (Wildman–Crippen MR) is 118 cm³/mol. The number of hydrogen-bond acceptors (Lipinski definition) is 7. The van der Waals surface area contributed by atoms with E-state index >= 15 is 0 Å². The molecule has 3 rings (SSSR count). The van der Waals surface area contributed by atoms with Gasteiger partial charge < -0.3 is 25.4 Å². The van der Waals surface area contributed by atoms with Crippen LogP contribution in [0.2, 0.25) is 0 Å². The lowest BCUT2D eigenvalue weighted by Crippen LogP contribution is -2.20. The van der Waals surface area contributed by atoms with Gasteiger partial charge in [-0.3, -0.25) is 4.79 Å². The summed E-state index contributed by atoms with van der Waals surface area (Å²) >= 11 is 0. The van der Waals surface area contributed by atoms with Crippen molar-refractivity contribution >= 4 is 28.9 Å². The van der Waals surface area contributed by atoms with Crippen molar-refractivity contribution in [3.8, 4) is 11.5 Å². The number of carbonyl (C=O) groups is 1. The monoisotopic (exact) mass is 407 g/mol. The normalized spacial score (nSPS) is 10.2. The molecule has 8 heteroatoms. The number of aryl methyl sites for hydroxylation is 1. The first kappa shape index (κ1) is 20.9. The van der Waals surface area contributed by atoms with Gasteiger partial charge in [0.05, 0.1) is 7.11 Å². The highest BCUT2D eigenvalue weighted by Crippen LogP contribution is 2.20. The van der Waals surface area contributed by atoms with Gasteiger partial charge in [0.15, 0.2) is 6.61 Å². The highest BCUT2D eigenvalue weighted by atomic mass is 16.5. The second-order valence-electron chi connectivity index (χ2n) is 6.43. The van der Waals surface area contributed by atoms with Crippen LogP contribution in [-0.4, -0.2) is 36.1 Å². The Balaban J connectivity index is 1.53. The van der Waals surface area contributed by atoms with E-state index in [1.165, 1.54) is 0 Å². The fourth-order valence-corrected chi connectivity index (χ4v) is 2.71. The zero-order valence-corrected chi connectivity index (χ0v) is 17.2. The number of nitrogens with zero attached hydrogens (tertiary/aromatic N) is 2. The minimum absolute atomic E-state index is 0.0836. The van der Waals surface area contributed by atoms with Gasteiger partial charge in [-0.1, -0.05) is 0 Å². The molecule has 0 atom stereocenters. The maximum absolute atomic E-state index is 12.1. The quantitative estimate of drug-likeness (QED) is 0.493. The van der Waals surface area contributed by atoms with Crippen LogP contribution in [0, 0.1) is 6.92 Å². The van der Waals surface area contributed by atoms with Crippen molar-refractivity contribution in [3.63, 3.8) is 0 Å². The molecule has 3 N–H and O–H groups in total. The van der Waals surface area contributed by atoms with Crippen LogP contribution in [-0.2, 0) is 4.79 Å². The average molecular weight is 407 g/mol. The summed E-state index contributed by atoms with van der Waals surface area (Å²) in [6, 6.07) is 16.3. The molecule has 0 radical (unpaired) electrons. The molecule has 0 aliphatic carbocycles. The Morgan fingerprint density at radius 1 is 0.933 bits per heavy atom. The van der Waals surface area contributed by atoms with Gasteiger partial charge in [0.2, 0.25) is 0 Å². The second-order valence-corrected chi connectivity index (χ2v) is 6.43. The lowest BCUT2D eigenvalue weighted by molar-refractivity contribution is -0.118. The van der Waals surface area contributed by atoms with Crippen LogP contribution in [0.4, 0.5) is 23.0 Å². The number of methoxy groups -OCH3 is 1. The standard InChI is InChI=1S/C22H25N5O3/c1-4-23-20-13-21(25-15(2)24-20)26-16-5-7-17(8-6-16)27-22(28)14-30-19-11-9-18(29-3)10-12-19/h5-13H,4,14H2,1-3H3,(H,27,28)(H2,23,24,25,26). The number of benzene rings is 2. The van der Waals surface area contributed by atoms with Crippen molar-refractivity contribution in [2.75, 3.05) is 36.2 Å². The van der Waals surface area contributed by atoms with Gasteiger partial charge in [0.1, 0.15) is 29.0 Å². The molecule has 1 heterocycles. The Morgan fingerprint density at radius 3 is 2.23 bits per heavy atom. The number of nitrogens with one attached hydrogen (secondary N) is 3. The topological polar surface area (TPSA) is 97.4 Å². The number of carbonyl (C=O) groups excluding carboxylic acids is 1. The Hall–Kier alpha value is -3.81. The first-order valence-corrected chi connectivity index (χ1v) is 9.59. The molecule has 0 saturated heterocycles. The van der Waals surface area contributed by atoms with Crippen LogP contribution >= 0.6 is 0 Å². The molecule has 0 fully saturated rings. The van der Waals surface area contributed by atoms with Gasteiger partial charge in [-0.15, -0.1) is 0 Å². The number of amides is 1. The average Bonchev–Trinajstić information content (AvgIpc) is 2.74. The molecule has 0 spiro atoms. The van der Waals surface area contributed by atoms with Crippen molar-refractivity contribution in [2.45, 2.75) is 13.8 Å². The largest absolute Gasteiger partial charge is 0.497 e. The molecular weight excluding hydrogens is 382 g/mol. The second kappa shape index (κ2) is 10.1. The van der Waals surface area contributed by atoms with E-state index in [4.69, 9.17) is 9.47 Å². The van der Waals surface area contributed by atoms with Gasteiger partial charge in [0.25, 0.3) is 5.91 Å². The molecule has 1 amide bonds. The minimum atomic E-state index is -0.242. The summed E-state index contributed by atoms with van der Waals surface area (Å²) < 4.78 is 10.6. The van der Waals surface area contributed by atoms with Crippen molar-refractivity contribution in [1.82, 2.24) is 9.97 Å². The van der Waals surface area contributed by atoms with E-state index in [9.17, 15) is 4.79 Å². The third-order valence-electron chi connectivity index (χ3n) is 4.07. The van der Waals surface area contributed by atoms with Crippen LogP contribution in [0.1, 0.15) is 12.7 Å². The molecule has 0 saturated carbocycles. The molecule has 0 aliphatic rings. The summed E-state index contributed by atoms with van der Waals surface area (Å²) in [7, 11) is 1.60. The van der Waals surface area contributed by atoms with Crippen molar-refractivity contribution in [1.29, 1.82) is 0 Å². The highest BCUT2D eigenvalue weighted by molar-refractivity contribution is 5.92. The van der Waals surface area contributed by atoms with E-state index in [1.807, 2.05) is 44.2 Å². The van der Waals surface area contributed by atoms with Gasteiger partial charge in [0, 0.05) is 24.0 Å². The minimum Gasteiger partial charge on any atom is -0.497 e. The van der Waals surface area contributed by atoms with Gasteiger partial charge >= 0.3 is 0 Å². The summed E-state index contributed by atoms with van der Waals surface area (Å²) in [5.41, 5.74) is 1.53. The summed E-state index contributed by atoms with van der Waals surface area (Å²) in [6.45, 7) is 4.56. The van der Waals surface area contributed by atoms with E-state index in [-0.39, 0.29) is 12.5 Å². The predicted octanol–water partition coefficient (Wildman–Crippen LogP) is 3.99. The fraction of sp³-hybridized carbons (Fsp3) is 0.227. The number of ether oxygens (including phenoxy) is 2. The van der Waals surface area contributed by atoms with Crippen LogP contribution in [0.15, 0.2) is 54.6 Å².